The molecule has 2 aromatic rings. The fourth-order valence-electron chi connectivity index (χ4n) is 2.09. The molecule has 0 aliphatic heterocycles. The van der Waals surface area contributed by atoms with Crippen molar-refractivity contribution in [3.8, 4) is 6.07 Å². The maximum atomic E-state index is 9.42. The quantitative estimate of drug-likeness (QED) is 0.794. The van der Waals surface area contributed by atoms with Crippen molar-refractivity contribution in [3.05, 3.63) is 53.6 Å². The molecule has 0 saturated heterocycles. The number of hydrogen-bond acceptors (Lipinski definition) is 4. The molecule has 2 aromatic carbocycles. The van der Waals surface area contributed by atoms with Crippen LogP contribution in [0.2, 0.25) is 0 Å². The predicted octanol–water partition coefficient (Wildman–Crippen LogP) is 4.56. The van der Waals surface area contributed by atoms with E-state index in [0.717, 1.165) is 27.6 Å². The van der Waals surface area contributed by atoms with Crippen molar-refractivity contribution in [2.45, 2.75) is 18.4 Å². The average molecular weight is 298 g/mol. The molecule has 1 N–H and O–H groups in total. The highest BCUT2D eigenvalue weighted by atomic mass is 32.2. The van der Waals surface area contributed by atoms with Crippen LogP contribution in [-0.2, 0) is 11.3 Å². The minimum absolute atomic E-state index is 0.576. The third-order valence-electron chi connectivity index (χ3n) is 2.95. The van der Waals surface area contributed by atoms with Crippen LogP contribution >= 0.6 is 11.8 Å². The van der Waals surface area contributed by atoms with Crippen molar-refractivity contribution in [3.63, 3.8) is 0 Å². The molecule has 3 nitrogen and oxygen atoms in total. The largest absolute Gasteiger partial charge is 0.380 e. The summed E-state index contributed by atoms with van der Waals surface area (Å²) < 4.78 is 5.15. The van der Waals surface area contributed by atoms with Gasteiger partial charge in [0.25, 0.3) is 0 Å². The number of nitrogens with zero attached hydrogens (tertiary/aromatic N) is 1. The SMILES string of the molecule is CCSc1cccc(Nc2cccc(COC)c2)c1C#N. The van der Waals surface area contributed by atoms with Gasteiger partial charge in [0.05, 0.1) is 17.9 Å². The van der Waals surface area contributed by atoms with E-state index in [0.29, 0.717) is 12.2 Å². The third kappa shape index (κ3) is 4.01. The molecule has 0 atom stereocenters. The van der Waals surface area contributed by atoms with E-state index in [9.17, 15) is 5.26 Å². The Hall–Kier alpha value is -1.96. The van der Waals surface area contributed by atoms with Crippen molar-refractivity contribution in [1.82, 2.24) is 0 Å². The second-order valence-corrected chi connectivity index (χ2v) is 5.79. The van der Waals surface area contributed by atoms with E-state index in [4.69, 9.17) is 4.74 Å². The van der Waals surface area contributed by atoms with E-state index in [1.165, 1.54) is 0 Å². The molecular weight excluding hydrogens is 280 g/mol. The molecular formula is C17H18N2OS. The van der Waals surface area contributed by atoms with Crippen LogP contribution in [0.15, 0.2) is 47.4 Å². The number of benzene rings is 2. The first-order valence-electron chi connectivity index (χ1n) is 6.79. The first-order valence-corrected chi connectivity index (χ1v) is 7.77. The maximum absolute atomic E-state index is 9.42. The lowest BCUT2D eigenvalue weighted by molar-refractivity contribution is 0.185. The summed E-state index contributed by atoms with van der Waals surface area (Å²) in [5, 5.41) is 12.7. The number of ether oxygens (including phenoxy) is 1. The Labute approximate surface area is 129 Å². The number of nitrogens with one attached hydrogen (secondary N) is 1. The summed E-state index contributed by atoms with van der Waals surface area (Å²) in [6.45, 7) is 2.66. The van der Waals surface area contributed by atoms with Crippen LogP contribution in [0.4, 0.5) is 11.4 Å². The lowest BCUT2D eigenvalue weighted by Gasteiger charge is -2.12. The summed E-state index contributed by atoms with van der Waals surface area (Å²) in [6.07, 6.45) is 0. The van der Waals surface area contributed by atoms with Gasteiger partial charge in [0.2, 0.25) is 0 Å². The molecule has 0 radical (unpaired) electrons. The van der Waals surface area contributed by atoms with Gasteiger partial charge in [-0.2, -0.15) is 5.26 Å². The Kier molecular flexibility index (Phi) is 5.68. The number of anilines is 2. The molecule has 0 heterocycles. The van der Waals surface area contributed by atoms with E-state index >= 15 is 0 Å². The van der Waals surface area contributed by atoms with Crippen molar-refractivity contribution in [2.75, 3.05) is 18.2 Å². The van der Waals surface area contributed by atoms with Crippen LogP contribution in [0, 0.1) is 11.3 Å². The maximum Gasteiger partial charge on any atom is 0.103 e. The fourth-order valence-corrected chi connectivity index (χ4v) is 2.87. The van der Waals surface area contributed by atoms with Crippen LogP contribution in [-0.4, -0.2) is 12.9 Å². The number of rotatable bonds is 6. The molecule has 0 aromatic heterocycles. The summed E-state index contributed by atoms with van der Waals surface area (Å²) in [5.74, 6) is 0.946. The second kappa shape index (κ2) is 7.72. The third-order valence-corrected chi connectivity index (χ3v) is 3.89. The van der Waals surface area contributed by atoms with Gasteiger partial charge in [-0.15, -0.1) is 11.8 Å². The Morgan fingerprint density at radius 3 is 2.76 bits per heavy atom. The minimum atomic E-state index is 0.576. The van der Waals surface area contributed by atoms with E-state index in [-0.39, 0.29) is 0 Å². The van der Waals surface area contributed by atoms with Gasteiger partial charge >= 0.3 is 0 Å². The monoisotopic (exact) mass is 298 g/mol. The van der Waals surface area contributed by atoms with Crippen LogP contribution in [0.3, 0.4) is 0 Å². The zero-order chi connectivity index (χ0) is 15.1. The van der Waals surface area contributed by atoms with E-state index in [1.807, 2.05) is 42.5 Å². The van der Waals surface area contributed by atoms with Crippen LogP contribution in [0.25, 0.3) is 0 Å². The molecule has 0 aliphatic carbocycles. The van der Waals surface area contributed by atoms with E-state index in [1.54, 1.807) is 18.9 Å². The van der Waals surface area contributed by atoms with Crippen molar-refractivity contribution in [1.29, 1.82) is 5.26 Å². The highest BCUT2D eigenvalue weighted by molar-refractivity contribution is 7.99. The summed E-state index contributed by atoms with van der Waals surface area (Å²) in [4.78, 5) is 1.01. The Morgan fingerprint density at radius 1 is 1.24 bits per heavy atom. The molecule has 21 heavy (non-hydrogen) atoms. The van der Waals surface area contributed by atoms with Gasteiger partial charge in [-0.3, -0.25) is 0 Å². The molecule has 108 valence electrons. The molecule has 0 unspecified atom stereocenters. The molecule has 4 heteroatoms. The summed E-state index contributed by atoms with van der Waals surface area (Å²) >= 11 is 1.68. The van der Waals surface area contributed by atoms with E-state index in [2.05, 4.69) is 18.3 Å². The van der Waals surface area contributed by atoms with Crippen LogP contribution in [0.1, 0.15) is 18.1 Å². The minimum Gasteiger partial charge on any atom is -0.380 e. The zero-order valence-corrected chi connectivity index (χ0v) is 13.0. The number of nitriles is 1. The lowest BCUT2D eigenvalue weighted by Crippen LogP contribution is -1.96. The lowest BCUT2D eigenvalue weighted by atomic mass is 10.1. The van der Waals surface area contributed by atoms with Gasteiger partial charge in [0.15, 0.2) is 0 Å². The Bertz CT molecular complexity index is 649. The van der Waals surface area contributed by atoms with Gasteiger partial charge in [0.1, 0.15) is 6.07 Å². The second-order valence-electron chi connectivity index (χ2n) is 4.48. The predicted molar refractivity (Wildman–Crippen MR) is 88.0 cm³/mol. The molecule has 2 rings (SSSR count). The summed E-state index contributed by atoms with van der Waals surface area (Å²) in [6, 6.07) is 16.2. The first-order chi connectivity index (χ1) is 10.3. The van der Waals surface area contributed by atoms with Crippen molar-refractivity contribution < 1.29 is 4.74 Å². The van der Waals surface area contributed by atoms with Crippen LogP contribution in [0.5, 0.6) is 0 Å². The Morgan fingerprint density at radius 2 is 2.05 bits per heavy atom. The first kappa shape index (κ1) is 15.4. The Balaban J connectivity index is 2.29. The summed E-state index contributed by atoms with van der Waals surface area (Å²) in [5.41, 5.74) is 3.59. The van der Waals surface area contributed by atoms with Gasteiger partial charge in [-0.05, 0) is 35.6 Å². The zero-order valence-electron chi connectivity index (χ0n) is 12.2. The molecule has 0 aliphatic rings. The van der Waals surface area contributed by atoms with Crippen molar-refractivity contribution in [2.24, 2.45) is 0 Å². The van der Waals surface area contributed by atoms with Crippen molar-refractivity contribution >= 4 is 23.1 Å². The average Bonchev–Trinajstić information content (AvgIpc) is 2.49. The highest BCUT2D eigenvalue weighted by Crippen LogP contribution is 2.30. The van der Waals surface area contributed by atoms with Gasteiger partial charge in [-0.1, -0.05) is 25.1 Å². The van der Waals surface area contributed by atoms with E-state index < -0.39 is 0 Å². The molecule has 0 bridgehead atoms. The highest BCUT2D eigenvalue weighted by Gasteiger charge is 2.08. The molecule has 0 fully saturated rings. The van der Waals surface area contributed by atoms with Gasteiger partial charge < -0.3 is 10.1 Å². The summed E-state index contributed by atoms with van der Waals surface area (Å²) in [7, 11) is 1.68. The standard InChI is InChI=1S/C17H18N2OS/c1-3-21-17-9-5-8-16(15(17)11-18)19-14-7-4-6-13(10-14)12-20-2/h4-10,19H,3,12H2,1-2H3. The molecule has 0 amide bonds. The number of methoxy groups -OCH3 is 1. The van der Waals surface area contributed by atoms with Crippen LogP contribution < -0.4 is 5.32 Å². The molecule has 0 spiro atoms. The topological polar surface area (TPSA) is 45.0 Å². The fraction of sp³-hybridized carbons (Fsp3) is 0.235. The number of thioether (sulfide) groups is 1. The molecule has 0 saturated carbocycles. The van der Waals surface area contributed by atoms with Gasteiger partial charge in [0, 0.05) is 17.7 Å². The smallest absolute Gasteiger partial charge is 0.103 e. The normalized spacial score (nSPS) is 10.1. The van der Waals surface area contributed by atoms with Gasteiger partial charge in [-0.25, -0.2) is 0 Å². The number of hydrogen-bond donors (Lipinski definition) is 1.